The summed E-state index contributed by atoms with van der Waals surface area (Å²) < 4.78 is 0.957. The molecule has 17 heavy (non-hydrogen) atoms. The van der Waals surface area contributed by atoms with Crippen molar-refractivity contribution in [3.8, 4) is 11.1 Å². The Bertz CT molecular complexity index is 587. The molecular weight excluding hydrogens is 393 g/mol. The van der Waals surface area contributed by atoms with Crippen LogP contribution in [-0.2, 0) is 0 Å². The first-order chi connectivity index (χ1) is 7.99. The zero-order chi connectivity index (χ0) is 12.6. The molecule has 2 aromatic rings. The number of hydrogen-bond donors (Lipinski definition) is 1. The zero-order valence-corrected chi connectivity index (χ0v) is 12.8. The summed E-state index contributed by atoms with van der Waals surface area (Å²) in [6.07, 6.45) is 1.68. The minimum atomic E-state index is 0.394. The van der Waals surface area contributed by atoms with Crippen LogP contribution in [0, 0.1) is 3.57 Å². The molecular formula is C11H6Cl3IN2. The molecule has 6 heteroatoms. The Morgan fingerprint density at radius 1 is 1.06 bits per heavy atom. The van der Waals surface area contributed by atoms with E-state index in [9.17, 15) is 0 Å². The Balaban J connectivity index is 2.72. The predicted molar refractivity (Wildman–Crippen MR) is 81.8 cm³/mol. The highest BCUT2D eigenvalue weighted by Gasteiger charge is 2.12. The van der Waals surface area contributed by atoms with E-state index in [2.05, 4.69) is 27.6 Å². The highest BCUT2D eigenvalue weighted by atomic mass is 127. The van der Waals surface area contributed by atoms with Crippen LogP contribution in [0.3, 0.4) is 0 Å². The van der Waals surface area contributed by atoms with Gasteiger partial charge in [-0.2, -0.15) is 0 Å². The van der Waals surface area contributed by atoms with E-state index >= 15 is 0 Å². The van der Waals surface area contributed by atoms with E-state index in [4.69, 9.17) is 40.5 Å². The largest absolute Gasteiger partial charge is 0.383 e. The molecule has 0 radical (unpaired) electrons. The van der Waals surface area contributed by atoms with Crippen molar-refractivity contribution in [1.29, 1.82) is 0 Å². The lowest BCUT2D eigenvalue weighted by molar-refractivity contribution is 1.32. The van der Waals surface area contributed by atoms with Gasteiger partial charge in [0.2, 0.25) is 0 Å². The van der Waals surface area contributed by atoms with Gasteiger partial charge in [0.15, 0.2) is 0 Å². The van der Waals surface area contributed by atoms with Gasteiger partial charge in [0.05, 0.1) is 10.0 Å². The van der Waals surface area contributed by atoms with Crippen molar-refractivity contribution >= 4 is 63.2 Å². The Morgan fingerprint density at radius 2 is 1.76 bits per heavy atom. The van der Waals surface area contributed by atoms with Crippen molar-refractivity contribution in [2.24, 2.45) is 0 Å². The molecule has 2 rings (SSSR count). The molecule has 0 bridgehead atoms. The second-order valence-electron chi connectivity index (χ2n) is 3.34. The number of nitrogens with zero attached hydrogens (tertiary/aromatic N) is 1. The van der Waals surface area contributed by atoms with Crippen molar-refractivity contribution in [3.63, 3.8) is 0 Å². The topological polar surface area (TPSA) is 38.9 Å². The Hall–Kier alpha value is -0.230. The standard InChI is InChI=1S/C11H6Cl3IN2/c12-5-1-7(10(14)9(13)2-5)8-3-6(15)4-17-11(8)16/h1-4H,(H2,16,17). The van der Waals surface area contributed by atoms with Gasteiger partial charge in [-0.25, -0.2) is 4.98 Å². The van der Waals surface area contributed by atoms with Gasteiger partial charge < -0.3 is 5.73 Å². The fourth-order valence-electron chi connectivity index (χ4n) is 1.42. The molecule has 0 saturated heterocycles. The molecule has 1 heterocycles. The third kappa shape index (κ3) is 2.78. The number of benzene rings is 1. The SMILES string of the molecule is Nc1ncc(I)cc1-c1cc(Cl)cc(Cl)c1Cl. The summed E-state index contributed by atoms with van der Waals surface area (Å²) in [5.74, 6) is 0.394. The fraction of sp³-hybridized carbons (Fsp3) is 0. The predicted octanol–water partition coefficient (Wildman–Crippen LogP) is 4.90. The number of nitrogens with two attached hydrogens (primary N) is 1. The number of nitrogen functional groups attached to an aromatic ring is 1. The van der Waals surface area contributed by atoms with Crippen LogP contribution in [0.4, 0.5) is 5.82 Å². The van der Waals surface area contributed by atoms with Gasteiger partial charge in [0, 0.05) is 25.9 Å². The molecule has 2 N–H and O–H groups in total. The first kappa shape index (κ1) is 13.2. The summed E-state index contributed by atoms with van der Waals surface area (Å²) in [7, 11) is 0. The van der Waals surface area contributed by atoms with Gasteiger partial charge in [0.25, 0.3) is 0 Å². The van der Waals surface area contributed by atoms with Gasteiger partial charge in [-0.3, -0.25) is 0 Å². The number of aromatic nitrogens is 1. The smallest absolute Gasteiger partial charge is 0.131 e. The van der Waals surface area contributed by atoms with Crippen LogP contribution in [0.1, 0.15) is 0 Å². The van der Waals surface area contributed by atoms with Crippen LogP contribution in [0.2, 0.25) is 15.1 Å². The van der Waals surface area contributed by atoms with Crippen LogP contribution in [0.5, 0.6) is 0 Å². The number of halogens is 4. The van der Waals surface area contributed by atoms with Crippen LogP contribution >= 0.6 is 57.4 Å². The maximum atomic E-state index is 6.15. The van der Waals surface area contributed by atoms with Gasteiger partial charge in [-0.05, 0) is 40.8 Å². The fourth-order valence-corrected chi connectivity index (χ4v) is 2.57. The summed E-state index contributed by atoms with van der Waals surface area (Å²) in [4.78, 5) is 4.08. The number of hydrogen-bond acceptors (Lipinski definition) is 2. The maximum Gasteiger partial charge on any atom is 0.131 e. The molecule has 0 aliphatic carbocycles. The normalized spacial score (nSPS) is 10.6. The van der Waals surface area contributed by atoms with Gasteiger partial charge in [-0.1, -0.05) is 34.8 Å². The van der Waals surface area contributed by atoms with E-state index in [1.807, 2.05) is 6.07 Å². The van der Waals surface area contributed by atoms with Crippen molar-refractivity contribution in [1.82, 2.24) is 4.98 Å². The van der Waals surface area contributed by atoms with Crippen LogP contribution in [-0.4, -0.2) is 4.98 Å². The van der Waals surface area contributed by atoms with Gasteiger partial charge in [-0.15, -0.1) is 0 Å². The van der Waals surface area contributed by atoms with E-state index in [0.29, 0.717) is 26.4 Å². The van der Waals surface area contributed by atoms with Crippen molar-refractivity contribution in [2.75, 3.05) is 5.73 Å². The monoisotopic (exact) mass is 398 g/mol. The molecule has 0 spiro atoms. The number of anilines is 1. The molecule has 1 aromatic carbocycles. The van der Waals surface area contributed by atoms with E-state index in [0.717, 1.165) is 9.13 Å². The lowest BCUT2D eigenvalue weighted by Crippen LogP contribution is -1.95. The molecule has 88 valence electrons. The molecule has 0 fully saturated rings. The summed E-state index contributed by atoms with van der Waals surface area (Å²) >= 11 is 20.2. The Morgan fingerprint density at radius 3 is 2.47 bits per heavy atom. The summed E-state index contributed by atoms with van der Waals surface area (Å²) in [6.45, 7) is 0. The van der Waals surface area contributed by atoms with E-state index in [-0.39, 0.29) is 0 Å². The summed E-state index contributed by atoms with van der Waals surface area (Å²) in [5, 5.41) is 1.33. The summed E-state index contributed by atoms with van der Waals surface area (Å²) in [6, 6.07) is 5.20. The first-order valence-corrected chi connectivity index (χ1v) is 6.76. The van der Waals surface area contributed by atoms with Crippen LogP contribution in [0.25, 0.3) is 11.1 Å². The van der Waals surface area contributed by atoms with E-state index in [1.54, 1.807) is 18.3 Å². The average Bonchev–Trinajstić information content (AvgIpc) is 2.27. The van der Waals surface area contributed by atoms with Crippen molar-refractivity contribution < 1.29 is 0 Å². The Kier molecular flexibility index (Phi) is 4.02. The average molecular weight is 399 g/mol. The molecule has 1 aromatic heterocycles. The molecule has 0 atom stereocenters. The highest BCUT2D eigenvalue weighted by molar-refractivity contribution is 14.1. The molecule has 0 aliphatic heterocycles. The Labute approximate surface area is 127 Å². The van der Waals surface area contributed by atoms with E-state index in [1.165, 1.54) is 0 Å². The number of pyridine rings is 1. The second-order valence-corrected chi connectivity index (χ2v) is 5.80. The first-order valence-electron chi connectivity index (χ1n) is 4.55. The molecule has 0 aliphatic rings. The summed E-state index contributed by atoms with van der Waals surface area (Å²) in [5.41, 5.74) is 7.25. The molecule has 2 nitrogen and oxygen atoms in total. The van der Waals surface area contributed by atoms with Crippen LogP contribution < -0.4 is 5.73 Å². The third-order valence-electron chi connectivity index (χ3n) is 2.17. The van der Waals surface area contributed by atoms with Crippen molar-refractivity contribution in [2.45, 2.75) is 0 Å². The quantitative estimate of drug-likeness (QED) is 0.547. The van der Waals surface area contributed by atoms with Crippen LogP contribution in [0.15, 0.2) is 24.4 Å². The molecule has 0 unspecified atom stereocenters. The molecule has 0 saturated carbocycles. The lowest BCUT2D eigenvalue weighted by Gasteiger charge is -2.09. The van der Waals surface area contributed by atoms with Gasteiger partial charge in [0.1, 0.15) is 5.82 Å². The third-order valence-corrected chi connectivity index (χ3v) is 3.78. The maximum absolute atomic E-state index is 6.15. The second kappa shape index (κ2) is 5.18. The molecule has 0 amide bonds. The highest BCUT2D eigenvalue weighted by Crippen LogP contribution is 2.38. The zero-order valence-electron chi connectivity index (χ0n) is 8.35. The van der Waals surface area contributed by atoms with E-state index < -0.39 is 0 Å². The van der Waals surface area contributed by atoms with Gasteiger partial charge >= 0.3 is 0 Å². The van der Waals surface area contributed by atoms with Crippen molar-refractivity contribution in [3.05, 3.63) is 43.0 Å². The minimum Gasteiger partial charge on any atom is -0.383 e. The lowest BCUT2D eigenvalue weighted by atomic mass is 10.1. The minimum absolute atomic E-state index is 0.394. The number of rotatable bonds is 1.